The third-order valence-electron chi connectivity index (χ3n) is 6.42. The molecule has 2 aliphatic rings. The van der Waals surface area contributed by atoms with Gasteiger partial charge in [-0.15, -0.1) is 0 Å². The fourth-order valence-corrected chi connectivity index (χ4v) is 4.27. The maximum absolute atomic E-state index is 12.0. The maximum Gasteiger partial charge on any atom is 0.490 e. The first-order valence-corrected chi connectivity index (χ1v) is 12.5. The summed E-state index contributed by atoms with van der Waals surface area (Å²) in [6.07, 6.45) is 0.518. The number of hydrogen-bond donors (Lipinski definition) is 3. The third-order valence-corrected chi connectivity index (χ3v) is 6.42. The molecule has 0 bridgehead atoms. The van der Waals surface area contributed by atoms with Gasteiger partial charge in [-0.2, -0.15) is 13.2 Å². The van der Waals surface area contributed by atoms with Crippen LogP contribution in [0.1, 0.15) is 55.8 Å². The molecule has 1 aromatic carbocycles. The second-order valence-electron chi connectivity index (χ2n) is 9.16. The highest BCUT2D eigenvalue weighted by Gasteiger charge is 2.38. The number of hydrogen-bond acceptors (Lipinski definition) is 6. The fourth-order valence-electron chi connectivity index (χ4n) is 4.27. The number of carboxylic acid groups (broad SMARTS) is 2. The van der Waals surface area contributed by atoms with Crippen LogP contribution in [0.2, 0.25) is 0 Å². The highest BCUT2D eigenvalue weighted by molar-refractivity contribution is 5.98. The zero-order valence-corrected chi connectivity index (χ0v) is 21.1. The summed E-state index contributed by atoms with van der Waals surface area (Å²) in [4.78, 5) is 37.4. The number of aliphatic carboxylic acids is 1. The molecule has 9 nitrogen and oxygen atoms in total. The average molecular weight is 532 g/mol. The van der Waals surface area contributed by atoms with Gasteiger partial charge in [0.1, 0.15) is 0 Å². The zero-order valence-electron chi connectivity index (χ0n) is 21.1. The minimum absolute atomic E-state index is 0.0676. The van der Waals surface area contributed by atoms with E-state index >= 15 is 0 Å². The summed E-state index contributed by atoms with van der Waals surface area (Å²) in [5.74, 6) is -3.09. The highest BCUT2D eigenvalue weighted by Crippen LogP contribution is 2.30. The van der Waals surface area contributed by atoms with Gasteiger partial charge in [0.2, 0.25) is 5.91 Å². The van der Waals surface area contributed by atoms with Gasteiger partial charge in [-0.05, 0) is 56.3 Å². The highest BCUT2D eigenvalue weighted by atomic mass is 19.4. The number of ether oxygens (including phenoxy) is 1. The number of anilines is 2. The van der Waals surface area contributed by atoms with Crippen LogP contribution in [0, 0.1) is 5.92 Å². The van der Waals surface area contributed by atoms with Gasteiger partial charge in [0.25, 0.3) is 0 Å². The van der Waals surface area contributed by atoms with Crippen molar-refractivity contribution in [2.24, 2.45) is 5.92 Å². The Morgan fingerprint density at radius 3 is 2.24 bits per heavy atom. The molecule has 0 atom stereocenters. The molecule has 0 spiro atoms. The van der Waals surface area contributed by atoms with E-state index in [9.17, 15) is 27.9 Å². The number of halogens is 3. The Hall–Kier alpha value is -2.86. The smallest absolute Gasteiger partial charge is 0.478 e. The predicted molar refractivity (Wildman–Crippen MR) is 132 cm³/mol. The number of morpholine rings is 1. The SMILES string of the molecule is CCCCC(=O)Nc1ccc(N2CCC(CCN3CCOCC3)CC2)c(C(=O)O)c1.O=C(O)C(F)(F)F. The number of amides is 1. The first-order chi connectivity index (χ1) is 17.5. The monoisotopic (exact) mass is 531 g/mol. The van der Waals surface area contributed by atoms with Gasteiger partial charge in [-0.25, -0.2) is 9.59 Å². The van der Waals surface area contributed by atoms with Gasteiger partial charge < -0.3 is 25.2 Å². The molecule has 2 saturated heterocycles. The van der Waals surface area contributed by atoms with E-state index in [1.165, 1.54) is 6.42 Å². The lowest BCUT2D eigenvalue weighted by Gasteiger charge is -2.35. The summed E-state index contributed by atoms with van der Waals surface area (Å²) < 4.78 is 37.1. The van der Waals surface area contributed by atoms with Gasteiger partial charge in [0, 0.05) is 38.3 Å². The van der Waals surface area contributed by atoms with E-state index < -0.39 is 18.1 Å². The van der Waals surface area contributed by atoms with E-state index in [4.69, 9.17) is 14.6 Å². The first-order valence-electron chi connectivity index (χ1n) is 12.5. The molecule has 2 fully saturated rings. The van der Waals surface area contributed by atoms with E-state index in [1.807, 2.05) is 19.1 Å². The Kier molecular flexibility index (Phi) is 12.1. The number of carboxylic acids is 2. The van der Waals surface area contributed by atoms with Gasteiger partial charge >= 0.3 is 18.1 Å². The van der Waals surface area contributed by atoms with Crippen LogP contribution < -0.4 is 10.2 Å². The van der Waals surface area contributed by atoms with Crippen LogP contribution in [0.4, 0.5) is 24.5 Å². The number of carbonyl (C=O) groups excluding carboxylic acids is 1. The van der Waals surface area contributed by atoms with E-state index in [0.29, 0.717) is 18.0 Å². The van der Waals surface area contributed by atoms with Gasteiger partial charge in [-0.3, -0.25) is 9.69 Å². The number of unbranched alkanes of at least 4 members (excludes halogenated alkanes) is 1. The first kappa shape index (κ1) is 30.4. The Balaban J connectivity index is 0.000000604. The van der Waals surface area contributed by atoms with E-state index in [0.717, 1.165) is 77.3 Å². The molecule has 0 radical (unpaired) electrons. The summed E-state index contributed by atoms with van der Waals surface area (Å²) >= 11 is 0. The van der Waals surface area contributed by atoms with Crippen molar-refractivity contribution in [1.29, 1.82) is 0 Å². The molecule has 3 N–H and O–H groups in total. The van der Waals surface area contributed by atoms with Crippen molar-refractivity contribution in [3.63, 3.8) is 0 Å². The zero-order chi connectivity index (χ0) is 27.4. The van der Waals surface area contributed by atoms with Crippen LogP contribution in [0.25, 0.3) is 0 Å². The Bertz CT molecular complexity index is 898. The van der Waals surface area contributed by atoms with Crippen molar-refractivity contribution in [2.75, 3.05) is 56.2 Å². The van der Waals surface area contributed by atoms with Gasteiger partial charge in [0.05, 0.1) is 24.5 Å². The summed E-state index contributed by atoms with van der Waals surface area (Å²) in [7, 11) is 0. The van der Waals surface area contributed by atoms with Crippen LogP contribution in [0.3, 0.4) is 0 Å². The minimum atomic E-state index is -5.08. The summed E-state index contributed by atoms with van der Waals surface area (Å²) in [5, 5.41) is 19.7. The van der Waals surface area contributed by atoms with Crippen LogP contribution in [0.15, 0.2) is 18.2 Å². The second-order valence-corrected chi connectivity index (χ2v) is 9.16. The quantitative estimate of drug-likeness (QED) is 0.436. The minimum Gasteiger partial charge on any atom is -0.478 e. The van der Waals surface area contributed by atoms with Crippen molar-refractivity contribution < 1.29 is 42.5 Å². The molecule has 2 aliphatic heterocycles. The maximum atomic E-state index is 12.0. The lowest BCUT2D eigenvalue weighted by atomic mass is 9.92. The molecule has 0 saturated carbocycles. The number of rotatable bonds is 9. The molecule has 208 valence electrons. The van der Waals surface area contributed by atoms with Gasteiger partial charge in [-0.1, -0.05) is 13.3 Å². The van der Waals surface area contributed by atoms with Crippen LogP contribution in [-0.4, -0.2) is 85.1 Å². The summed E-state index contributed by atoms with van der Waals surface area (Å²) in [6, 6.07) is 5.25. The normalized spacial score (nSPS) is 17.0. The number of aromatic carboxylic acids is 1. The number of piperidine rings is 1. The Morgan fingerprint density at radius 2 is 1.70 bits per heavy atom. The molecular weight excluding hydrogens is 495 g/mol. The molecular formula is C25H36F3N3O6. The average Bonchev–Trinajstić information content (AvgIpc) is 2.87. The van der Waals surface area contributed by atoms with Crippen LogP contribution in [0.5, 0.6) is 0 Å². The second kappa shape index (κ2) is 14.8. The summed E-state index contributed by atoms with van der Waals surface area (Å²) in [6.45, 7) is 8.64. The van der Waals surface area contributed by atoms with Crippen molar-refractivity contribution in [2.45, 2.75) is 51.6 Å². The molecule has 1 aromatic rings. The van der Waals surface area contributed by atoms with Crippen molar-refractivity contribution in [3.8, 4) is 0 Å². The number of nitrogens with one attached hydrogen (secondary N) is 1. The molecule has 0 unspecified atom stereocenters. The van der Waals surface area contributed by atoms with E-state index in [2.05, 4.69) is 15.1 Å². The van der Waals surface area contributed by atoms with Crippen LogP contribution >= 0.6 is 0 Å². The number of benzene rings is 1. The lowest BCUT2D eigenvalue weighted by molar-refractivity contribution is -0.192. The van der Waals surface area contributed by atoms with Crippen LogP contribution in [-0.2, 0) is 14.3 Å². The van der Waals surface area contributed by atoms with Crippen molar-refractivity contribution in [3.05, 3.63) is 23.8 Å². The lowest BCUT2D eigenvalue weighted by Crippen LogP contribution is -2.39. The topological polar surface area (TPSA) is 119 Å². The van der Waals surface area contributed by atoms with E-state index in [1.54, 1.807) is 6.07 Å². The third kappa shape index (κ3) is 10.6. The van der Waals surface area contributed by atoms with Gasteiger partial charge in [0.15, 0.2) is 0 Å². The number of alkyl halides is 3. The predicted octanol–water partition coefficient (Wildman–Crippen LogP) is 4.09. The standard InChI is InChI=1S/C23H35N3O4.C2HF3O2/c1-2-3-4-22(27)24-19-5-6-21(20(17-19)23(28)29)26-11-8-18(9-12-26)7-10-25-13-15-30-16-14-25;3-2(4,5)1(6)7/h5-6,17-18H,2-4,7-16H2,1H3,(H,24,27)(H,28,29);(H,6,7). The molecule has 37 heavy (non-hydrogen) atoms. The van der Waals surface area contributed by atoms with E-state index in [-0.39, 0.29) is 11.5 Å². The molecule has 0 aromatic heterocycles. The number of carbonyl (C=O) groups is 3. The fraction of sp³-hybridized carbons (Fsp3) is 0.640. The molecule has 12 heteroatoms. The largest absolute Gasteiger partial charge is 0.490 e. The van der Waals surface area contributed by atoms with Crippen molar-refractivity contribution in [1.82, 2.24) is 4.90 Å². The molecule has 0 aliphatic carbocycles. The molecule has 1 amide bonds. The molecule has 3 rings (SSSR count). The molecule has 2 heterocycles. The summed E-state index contributed by atoms with van der Waals surface area (Å²) in [5.41, 5.74) is 1.56. The Labute approximate surface area is 214 Å². The Morgan fingerprint density at radius 1 is 1.08 bits per heavy atom. The van der Waals surface area contributed by atoms with Crippen molar-refractivity contribution >= 4 is 29.2 Å². The number of nitrogens with zero attached hydrogens (tertiary/aromatic N) is 2.